The number of thiazole rings is 2. The molecule has 5 rings (SSSR count). The number of aromatic nitrogens is 3. The molecular formula is C22H21N8O5S3+. The fourth-order valence-electron chi connectivity index (χ4n) is 4.04. The first-order valence-corrected chi connectivity index (χ1v) is 13.8. The summed E-state index contributed by atoms with van der Waals surface area (Å²) in [4.78, 5) is 52.3. The van der Waals surface area contributed by atoms with E-state index in [0.717, 1.165) is 21.6 Å². The number of hydrogen-bond acceptors (Lipinski definition) is 12. The van der Waals surface area contributed by atoms with E-state index in [0.29, 0.717) is 23.0 Å². The van der Waals surface area contributed by atoms with Crippen molar-refractivity contribution in [1.29, 1.82) is 0 Å². The zero-order valence-corrected chi connectivity index (χ0v) is 22.2. The SMILES string of the molecule is CO/N=C(\C(=O)NC1C(=O)N2C(C(=O)O)=C(/C=C/C[n+]3ccc4sc(N)nc4c3)CS[C@H]12)c1csc(N)n1. The lowest BCUT2D eigenvalue weighted by atomic mass is 10.0. The summed E-state index contributed by atoms with van der Waals surface area (Å²) in [5.41, 5.74) is 12.7. The highest BCUT2D eigenvalue weighted by molar-refractivity contribution is 8.00. The van der Waals surface area contributed by atoms with E-state index >= 15 is 0 Å². The van der Waals surface area contributed by atoms with Crippen molar-refractivity contribution in [3.8, 4) is 0 Å². The fourth-order valence-corrected chi connectivity index (χ4v) is 6.61. The zero-order valence-electron chi connectivity index (χ0n) is 19.7. The first-order valence-electron chi connectivity index (χ1n) is 11.0. The van der Waals surface area contributed by atoms with Gasteiger partial charge in [-0.1, -0.05) is 22.6 Å². The van der Waals surface area contributed by atoms with Crippen molar-refractivity contribution in [3.63, 3.8) is 0 Å². The van der Waals surface area contributed by atoms with Gasteiger partial charge < -0.3 is 26.7 Å². The van der Waals surface area contributed by atoms with Crippen LogP contribution in [0.1, 0.15) is 5.69 Å². The topological polar surface area (TPSA) is 190 Å². The minimum absolute atomic E-state index is 0.105. The maximum Gasteiger partial charge on any atom is 0.352 e. The lowest BCUT2D eigenvalue weighted by Crippen LogP contribution is -2.71. The number of carboxylic acids is 1. The lowest BCUT2D eigenvalue weighted by Gasteiger charge is -2.49. The normalized spacial score (nSPS) is 19.6. The van der Waals surface area contributed by atoms with Crippen LogP contribution in [0.15, 0.2) is 52.4 Å². The third kappa shape index (κ3) is 4.80. The number of fused-ring (bicyclic) bond motifs is 2. The molecule has 1 saturated heterocycles. The molecule has 5 heterocycles. The molecule has 1 fully saturated rings. The molecular weight excluding hydrogens is 552 g/mol. The molecule has 6 N–H and O–H groups in total. The average Bonchev–Trinajstić information content (AvgIpc) is 3.48. The van der Waals surface area contributed by atoms with Gasteiger partial charge in [0.1, 0.15) is 35.4 Å². The maximum atomic E-state index is 13.0. The predicted molar refractivity (Wildman–Crippen MR) is 143 cm³/mol. The van der Waals surface area contributed by atoms with Crippen LogP contribution in [-0.2, 0) is 25.8 Å². The average molecular weight is 574 g/mol. The number of allylic oxidation sites excluding steroid dienone is 2. The molecule has 196 valence electrons. The van der Waals surface area contributed by atoms with Crippen molar-refractivity contribution < 1.29 is 28.9 Å². The molecule has 0 radical (unpaired) electrons. The van der Waals surface area contributed by atoms with Gasteiger partial charge in [-0.2, -0.15) is 4.57 Å². The second kappa shape index (κ2) is 10.4. The van der Waals surface area contributed by atoms with Crippen LogP contribution in [0.4, 0.5) is 10.3 Å². The van der Waals surface area contributed by atoms with E-state index in [4.69, 9.17) is 16.3 Å². The van der Waals surface area contributed by atoms with Crippen molar-refractivity contribution in [1.82, 2.24) is 20.2 Å². The molecule has 3 aromatic rings. The van der Waals surface area contributed by atoms with Crippen molar-refractivity contribution in [2.45, 2.75) is 18.0 Å². The van der Waals surface area contributed by atoms with Gasteiger partial charge in [-0.25, -0.2) is 14.8 Å². The highest BCUT2D eigenvalue weighted by atomic mass is 32.2. The lowest BCUT2D eigenvalue weighted by molar-refractivity contribution is -0.685. The van der Waals surface area contributed by atoms with Crippen LogP contribution >= 0.6 is 34.4 Å². The predicted octanol–water partition coefficient (Wildman–Crippen LogP) is 0.550. The number of carbonyl (C=O) groups is 3. The summed E-state index contributed by atoms with van der Waals surface area (Å²) in [5.74, 6) is -2.10. The molecule has 2 amide bonds. The number of pyridine rings is 1. The molecule has 2 aliphatic rings. The molecule has 2 aliphatic heterocycles. The van der Waals surface area contributed by atoms with Crippen LogP contribution in [0.3, 0.4) is 0 Å². The van der Waals surface area contributed by atoms with Gasteiger partial charge in [-0.05, 0) is 11.6 Å². The molecule has 2 atom stereocenters. The molecule has 0 spiro atoms. The van der Waals surface area contributed by atoms with Crippen LogP contribution < -0.4 is 21.4 Å². The van der Waals surface area contributed by atoms with Gasteiger partial charge in [0.15, 0.2) is 34.9 Å². The van der Waals surface area contributed by atoms with Crippen molar-refractivity contribution in [2.75, 3.05) is 24.3 Å². The third-order valence-electron chi connectivity index (χ3n) is 5.69. The fraction of sp³-hybridized carbons (Fsp3) is 0.227. The Labute approximate surface area is 227 Å². The second-order valence-electron chi connectivity index (χ2n) is 8.08. The number of nitrogens with zero attached hydrogens (tertiary/aromatic N) is 5. The molecule has 16 heteroatoms. The Morgan fingerprint density at radius 3 is 2.89 bits per heavy atom. The summed E-state index contributed by atoms with van der Waals surface area (Å²) in [6.45, 7) is 0.466. The van der Waals surface area contributed by atoms with Gasteiger partial charge in [-0.15, -0.1) is 23.1 Å². The van der Waals surface area contributed by atoms with Crippen molar-refractivity contribution in [2.24, 2.45) is 5.16 Å². The summed E-state index contributed by atoms with van der Waals surface area (Å²) >= 11 is 3.88. The van der Waals surface area contributed by atoms with E-state index < -0.39 is 29.2 Å². The number of anilines is 2. The van der Waals surface area contributed by atoms with E-state index in [1.807, 2.05) is 29.1 Å². The number of β-lactam (4-membered cyclic amide) rings is 1. The summed E-state index contributed by atoms with van der Waals surface area (Å²) in [6.07, 6.45) is 7.26. The van der Waals surface area contributed by atoms with E-state index in [9.17, 15) is 19.5 Å². The summed E-state index contributed by atoms with van der Waals surface area (Å²) < 4.78 is 2.87. The molecule has 0 aliphatic carbocycles. The largest absolute Gasteiger partial charge is 0.477 e. The number of thioether (sulfide) groups is 1. The van der Waals surface area contributed by atoms with Crippen LogP contribution in [0.25, 0.3) is 10.2 Å². The first-order chi connectivity index (χ1) is 18.3. The van der Waals surface area contributed by atoms with Crippen LogP contribution in [0, 0.1) is 0 Å². The Morgan fingerprint density at radius 2 is 2.18 bits per heavy atom. The van der Waals surface area contributed by atoms with Crippen LogP contribution in [0.2, 0.25) is 0 Å². The number of amides is 2. The van der Waals surface area contributed by atoms with Gasteiger partial charge in [0.2, 0.25) is 0 Å². The number of oxime groups is 1. The minimum atomic E-state index is -1.22. The van der Waals surface area contributed by atoms with E-state index in [-0.39, 0.29) is 22.2 Å². The molecule has 1 unspecified atom stereocenters. The van der Waals surface area contributed by atoms with Gasteiger partial charge in [-0.3, -0.25) is 14.5 Å². The number of carbonyl (C=O) groups excluding carboxylic acids is 2. The van der Waals surface area contributed by atoms with E-state index in [1.54, 1.807) is 11.5 Å². The highest BCUT2D eigenvalue weighted by Crippen LogP contribution is 2.40. The number of rotatable bonds is 8. The number of nitrogen functional groups attached to an aromatic ring is 2. The second-order valence-corrected chi connectivity index (χ2v) is 11.1. The van der Waals surface area contributed by atoms with Crippen LogP contribution in [-0.4, -0.2) is 67.7 Å². The quantitative estimate of drug-likeness (QED) is 0.128. The van der Waals surface area contributed by atoms with Crippen molar-refractivity contribution in [3.05, 3.63) is 53.0 Å². The third-order valence-corrected chi connectivity index (χ3v) is 8.53. The number of carboxylic acid groups (broad SMARTS) is 1. The molecule has 0 bridgehead atoms. The Bertz CT molecular complexity index is 1540. The summed E-state index contributed by atoms with van der Waals surface area (Å²) in [5, 5.41) is 17.9. The molecule has 0 saturated carbocycles. The maximum absolute atomic E-state index is 13.0. The van der Waals surface area contributed by atoms with Gasteiger partial charge >= 0.3 is 5.97 Å². The van der Waals surface area contributed by atoms with Crippen LogP contribution in [0.5, 0.6) is 0 Å². The number of nitrogens with two attached hydrogens (primary N) is 2. The molecule has 3 aromatic heterocycles. The highest BCUT2D eigenvalue weighted by Gasteiger charge is 2.54. The number of aliphatic carboxylic acids is 1. The van der Waals surface area contributed by atoms with E-state index in [2.05, 4.69) is 20.4 Å². The minimum Gasteiger partial charge on any atom is -0.477 e. The zero-order chi connectivity index (χ0) is 27.0. The standard InChI is InChI=1S/C22H20N8O5S3/c1-35-28-14(12-9-37-21(23)26-12)17(31)27-15-18(32)30-16(20(33)34)10(8-36-19(15)30)3-2-5-29-6-4-13-11(7-29)25-22(24)38-13/h2-4,6-7,9,15,19H,5,8H2,1H3,(H5-,23,24,25,26,27,31,33,34)/p+1/b3-2+,28-14-/t15?,19-/m1/s1. The summed E-state index contributed by atoms with van der Waals surface area (Å²) in [6, 6.07) is 0.984. The van der Waals surface area contributed by atoms with Gasteiger partial charge in [0.25, 0.3) is 11.8 Å². The molecule has 0 aromatic carbocycles. The van der Waals surface area contributed by atoms with Gasteiger partial charge in [0, 0.05) is 17.2 Å². The number of hydrogen-bond donors (Lipinski definition) is 4. The Morgan fingerprint density at radius 1 is 1.37 bits per heavy atom. The Hall–Kier alpha value is -4.02. The monoisotopic (exact) mass is 573 g/mol. The van der Waals surface area contributed by atoms with Crippen molar-refractivity contribution >= 4 is 78.4 Å². The summed E-state index contributed by atoms with van der Waals surface area (Å²) in [7, 11) is 1.28. The van der Waals surface area contributed by atoms with E-state index in [1.165, 1.54) is 35.1 Å². The molecule has 13 nitrogen and oxygen atoms in total. The number of nitrogens with one attached hydrogen (secondary N) is 1. The smallest absolute Gasteiger partial charge is 0.352 e. The van der Waals surface area contributed by atoms with Gasteiger partial charge in [0.05, 0.1) is 4.70 Å². The first kappa shape index (κ1) is 25.6. The Balaban J connectivity index is 1.30. The Kier molecular flexibility index (Phi) is 7.00. The molecule has 38 heavy (non-hydrogen) atoms.